The largest absolute Gasteiger partial charge is 0.461 e. The molecule has 1 aromatic carbocycles. The van der Waals surface area contributed by atoms with Crippen LogP contribution in [-0.4, -0.2) is 23.3 Å². The van der Waals surface area contributed by atoms with Crippen molar-refractivity contribution in [2.45, 2.75) is 40.0 Å². The number of fused-ring (bicyclic) bond motifs is 3. The van der Waals surface area contributed by atoms with Gasteiger partial charge in [0.05, 0.1) is 17.9 Å². The first-order valence-corrected chi connectivity index (χ1v) is 8.16. The summed E-state index contributed by atoms with van der Waals surface area (Å²) in [5, 5.41) is 0. The lowest BCUT2D eigenvalue weighted by atomic mass is 10.0. The average molecular weight is 311 g/mol. The van der Waals surface area contributed by atoms with Crippen LogP contribution in [0.15, 0.2) is 18.2 Å². The number of aryl methyl sites for hydroxylation is 1. The fourth-order valence-electron chi connectivity index (χ4n) is 3.17. The van der Waals surface area contributed by atoms with Gasteiger partial charge in [-0.3, -0.25) is 4.79 Å². The molecule has 0 atom stereocenters. The third-order valence-corrected chi connectivity index (χ3v) is 4.28. The first kappa shape index (κ1) is 15.5. The van der Waals surface area contributed by atoms with Gasteiger partial charge in [0.25, 0.3) is 0 Å². The number of hydrogen-bond acceptors (Lipinski definition) is 3. The molecule has 1 heterocycles. The Kier molecular flexibility index (Phi) is 4.07. The number of aromatic nitrogens is 1. The number of unbranched alkanes of at least 4 members (excludes halogenated alkanes) is 1. The van der Waals surface area contributed by atoms with Gasteiger partial charge in [-0.2, -0.15) is 0 Å². The second-order valence-corrected chi connectivity index (χ2v) is 5.93. The average Bonchev–Trinajstić information content (AvgIpc) is 3.02. The zero-order chi connectivity index (χ0) is 16.6. The molecule has 4 nitrogen and oxygen atoms in total. The molecule has 0 unspecified atom stereocenters. The Bertz CT molecular complexity index is 786. The maximum atomic E-state index is 12.8. The van der Waals surface area contributed by atoms with Crippen molar-refractivity contribution in [3.05, 3.63) is 46.1 Å². The summed E-state index contributed by atoms with van der Waals surface area (Å²) in [4.78, 5) is 28.3. The Morgan fingerprint density at radius 1 is 1.22 bits per heavy atom. The SMILES string of the molecule is CCCCc1c(C(=O)OCC)[nH]c2c1C(=O)c1cc(C)ccc1-2. The van der Waals surface area contributed by atoms with Crippen molar-refractivity contribution in [1.29, 1.82) is 0 Å². The summed E-state index contributed by atoms with van der Waals surface area (Å²) in [6.07, 6.45) is 2.64. The smallest absolute Gasteiger partial charge is 0.355 e. The number of aromatic amines is 1. The van der Waals surface area contributed by atoms with Gasteiger partial charge in [0.15, 0.2) is 5.78 Å². The standard InChI is InChI=1S/C19H21NO3/c1-4-6-7-13-15-16(20-17(13)19(22)23-5-2)12-9-8-11(3)10-14(12)18(15)21/h8-10,20H,4-7H2,1-3H3. The summed E-state index contributed by atoms with van der Waals surface area (Å²) in [7, 11) is 0. The van der Waals surface area contributed by atoms with Gasteiger partial charge in [-0.25, -0.2) is 4.79 Å². The molecular formula is C19H21NO3. The number of ketones is 1. The molecule has 0 spiro atoms. The van der Waals surface area contributed by atoms with Crippen LogP contribution in [0.1, 0.15) is 64.2 Å². The molecule has 3 rings (SSSR count). The summed E-state index contributed by atoms with van der Waals surface area (Å²) < 4.78 is 5.15. The van der Waals surface area contributed by atoms with Crippen LogP contribution < -0.4 is 0 Å². The molecule has 120 valence electrons. The summed E-state index contributed by atoms with van der Waals surface area (Å²) in [6, 6.07) is 5.85. The number of ether oxygens (including phenoxy) is 1. The maximum absolute atomic E-state index is 12.8. The molecule has 0 aliphatic heterocycles. The van der Waals surface area contributed by atoms with Gasteiger partial charge in [0, 0.05) is 11.1 Å². The molecule has 0 fully saturated rings. The van der Waals surface area contributed by atoms with E-state index < -0.39 is 0 Å². The Labute approximate surface area is 135 Å². The number of carbonyl (C=O) groups is 2. The fraction of sp³-hybridized carbons (Fsp3) is 0.368. The highest BCUT2D eigenvalue weighted by Gasteiger charge is 2.34. The lowest BCUT2D eigenvalue weighted by Gasteiger charge is -2.06. The normalized spacial score (nSPS) is 12.2. The summed E-state index contributed by atoms with van der Waals surface area (Å²) >= 11 is 0. The lowest BCUT2D eigenvalue weighted by Crippen LogP contribution is -2.10. The van der Waals surface area contributed by atoms with E-state index in [-0.39, 0.29) is 11.8 Å². The lowest BCUT2D eigenvalue weighted by molar-refractivity contribution is 0.0519. The van der Waals surface area contributed by atoms with Crippen LogP contribution in [0, 0.1) is 6.92 Å². The van der Waals surface area contributed by atoms with Gasteiger partial charge in [0.2, 0.25) is 0 Å². The number of hydrogen-bond donors (Lipinski definition) is 1. The molecule has 0 amide bonds. The Morgan fingerprint density at radius 3 is 2.70 bits per heavy atom. The number of esters is 1. The Hall–Kier alpha value is -2.36. The summed E-state index contributed by atoms with van der Waals surface area (Å²) in [5.74, 6) is -0.369. The van der Waals surface area contributed by atoms with Crippen LogP contribution >= 0.6 is 0 Å². The fourth-order valence-corrected chi connectivity index (χ4v) is 3.17. The van der Waals surface area contributed by atoms with E-state index >= 15 is 0 Å². The van der Waals surface area contributed by atoms with Gasteiger partial charge in [-0.1, -0.05) is 31.0 Å². The molecule has 0 saturated heterocycles. The second-order valence-electron chi connectivity index (χ2n) is 5.93. The molecule has 0 saturated carbocycles. The van der Waals surface area contributed by atoms with Crippen molar-refractivity contribution in [2.75, 3.05) is 6.61 Å². The second kappa shape index (κ2) is 6.03. The molecule has 4 heteroatoms. The number of nitrogens with one attached hydrogen (secondary N) is 1. The molecule has 2 aromatic rings. The highest BCUT2D eigenvalue weighted by Crippen LogP contribution is 2.40. The number of H-pyrrole nitrogens is 1. The minimum Gasteiger partial charge on any atom is -0.461 e. The maximum Gasteiger partial charge on any atom is 0.355 e. The predicted octanol–water partition coefficient (Wildman–Crippen LogP) is 4.05. The zero-order valence-electron chi connectivity index (χ0n) is 13.8. The molecule has 0 bridgehead atoms. The highest BCUT2D eigenvalue weighted by molar-refractivity contribution is 6.23. The number of rotatable bonds is 5. The van der Waals surface area contributed by atoms with Gasteiger partial charge in [0.1, 0.15) is 5.69 Å². The molecule has 23 heavy (non-hydrogen) atoms. The number of benzene rings is 1. The van der Waals surface area contributed by atoms with E-state index in [1.807, 2.05) is 25.1 Å². The van der Waals surface area contributed by atoms with Crippen molar-refractivity contribution in [2.24, 2.45) is 0 Å². The van der Waals surface area contributed by atoms with E-state index in [0.717, 1.165) is 40.8 Å². The third-order valence-electron chi connectivity index (χ3n) is 4.28. The van der Waals surface area contributed by atoms with Crippen LogP contribution in [0.5, 0.6) is 0 Å². The molecule has 1 N–H and O–H groups in total. The first-order chi connectivity index (χ1) is 11.1. The van der Waals surface area contributed by atoms with Crippen molar-refractivity contribution >= 4 is 11.8 Å². The van der Waals surface area contributed by atoms with Crippen LogP contribution in [0.2, 0.25) is 0 Å². The van der Waals surface area contributed by atoms with Gasteiger partial charge < -0.3 is 9.72 Å². The first-order valence-electron chi connectivity index (χ1n) is 8.16. The quantitative estimate of drug-likeness (QED) is 0.723. The van der Waals surface area contributed by atoms with E-state index in [1.165, 1.54) is 0 Å². The molecular weight excluding hydrogens is 290 g/mol. The molecule has 1 aliphatic rings. The van der Waals surface area contributed by atoms with Gasteiger partial charge in [-0.05, 0) is 38.3 Å². The van der Waals surface area contributed by atoms with Gasteiger partial charge >= 0.3 is 5.97 Å². The van der Waals surface area contributed by atoms with E-state index in [2.05, 4.69) is 11.9 Å². The summed E-state index contributed by atoms with van der Waals surface area (Å²) in [6.45, 7) is 6.17. The van der Waals surface area contributed by atoms with E-state index in [4.69, 9.17) is 4.74 Å². The summed E-state index contributed by atoms with van der Waals surface area (Å²) in [5.41, 5.74) is 5.32. The predicted molar refractivity (Wildman–Crippen MR) is 89.0 cm³/mol. The van der Waals surface area contributed by atoms with Crippen LogP contribution in [-0.2, 0) is 11.2 Å². The van der Waals surface area contributed by atoms with E-state index in [0.29, 0.717) is 24.3 Å². The van der Waals surface area contributed by atoms with Gasteiger partial charge in [-0.15, -0.1) is 0 Å². The molecule has 1 aliphatic carbocycles. The van der Waals surface area contributed by atoms with Crippen molar-refractivity contribution in [3.8, 4) is 11.3 Å². The highest BCUT2D eigenvalue weighted by atomic mass is 16.5. The monoisotopic (exact) mass is 311 g/mol. The molecule has 0 radical (unpaired) electrons. The Morgan fingerprint density at radius 2 is 2.00 bits per heavy atom. The minimum absolute atomic E-state index is 0.0107. The Balaban J connectivity index is 2.15. The third kappa shape index (κ3) is 2.48. The van der Waals surface area contributed by atoms with Crippen molar-refractivity contribution in [1.82, 2.24) is 4.98 Å². The molecule has 1 aromatic heterocycles. The number of carbonyl (C=O) groups excluding carboxylic acids is 2. The van der Waals surface area contributed by atoms with Crippen LogP contribution in [0.3, 0.4) is 0 Å². The van der Waals surface area contributed by atoms with E-state index in [9.17, 15) is 9.59 Å². The topological polar surface area (TPSA) is 59.2 Å². The van der Waals surface area contributed by atoms with E-state index in [1.54, 1.807) is 6.92 Å². The zero-order valence-corrected chi connectivity index (χ0v) is 13.8. The van der Waals surface area contributed by atoms with Crippen LogP contribution in [0.4, 0.5) is 0 Å². The van der Waals surface area contributed by atoms with Crippen LogP contribution in [0.25, 0.3) is 11.3 Å². The van der Waals surface area contributed by atoms with Crippen molar-refractivity contribution in [3.63, 3.8) is 0 Å². The van der Waals surface area contributed by atoms with Crippen molar-refractivity contribution < 1.29 is 14.3 Å². The minimum atomic E-state index is -0.380.